The molecule has 4 aromatic rings. The number of carbonyl (C=O) groups excluding carboxylic acids is 2. The summed E-state index contributed by atoms with van der Waals surface area (Å²) < 4.78 is 9.69. The van der Waals surface area contributed by atoms with Crippen molar-refractivity contribution in [2.75, 3.05) is 19.1 Å². The molecule has 0 aromatic heterocycles. The Morgan fingerprint density at radius 3 is 1.39 bits per heavy atom. The van der Waals surface area contributed by atoms with Crippen molar-refractivity contribution in [1.29, 1.82) is 0 Å². The number of esters is 2. The molecule has 0 N–H and O–H groups in total. The topological polar surface area (TPSA) is 55.8 Å². The van der Waals surface area contributed by atoms with Crippen molar-refractivity contribution in [3.63, 3.8) is 0 Å². The number of hydrogen-bond acceptors (Lipinski definition) is 5. The van der Waals surface area contributed by atoms with Gasteiger partial charge in [0.2, 0.25) is 0 Å². The molecule has 0 heterocycles. The summed E-state index contributed by atoms with van der Waals surface area (Å²) in [5, 5.41) is 0. The first-order valence-corrected chi connectivity index (χ1v) is 10.4. The Morgan fingerprint density at radius 2 is 0.970 bits per heavy atom. The van der Waals surface area contributed by atoms with Crippen LogP contribution in [0.1, 0.15) is 20.7 Å². The normalized spacial score (nSPS) is 10.4. The van der Waals surface area contributed by atoms with Gasteiger partial charge in [-0.05, 0) is 65.7 Å². The molecule has 0 radical (unpaired) electrons. The Kier molecular flexibility index (Phi) is 6.51. The smallest absolute Gasteiger partial charge is 0.337 e. The maximum Gasteiger partial charge on any atom is 0.337 e. The van der Waals surface area contributed by atoms with Gasteiger partial charge in [-0.25, -0.2) is 9.59 Å². The number of methoxy groups -OCH3 is 2. The second-order valence-corrected chi connectivity index (χ2v) is 7.34. The van der Waals surface area contributed by atoms with Crippen LogP contribution >= 0.6 is 0 Å². The van der Waals surface area contributed by atoms with Gasteiger partial charge in [-0.15, -0.1) is 0 Å². The molecule has 33 heavy (non-hydrogen) atoms. The highest BCUT2D eigenvalue weighted by Gasteiger charge is 2.16. The fraction of sp³-hybridized carbons (Fsp3) is 0.0714. The molecule has 5 nitrogen and oxygen atoms in total. The van der Waals surface area contributed by atoms with E-state index in [2.05, 4.69) is 29.2 Å². The van der Waals surface area contributed by atoms with Crippen LogP contribution in [0.25, 0.3) is 11.1 Å². The van der Waals surface area contributed by atoms with Gasteiger partial charge in [0.15, 0.2) is 0 Å². The zero-order chi connectivity index (χ0) is 23.2. The predicted molar refractivity (Wildman–Crippen MR) is 129 cm³/mol. The van der Waals surface area contributed by atoms with Crippen LogP contribution in [0.2, 0.25) is 0 Å². The molecule has 0 unspecified atom stereocenters. The minimum atomic E-state index is -0.516. The maximum atomic E-state index is 12.1. The standard InChI is InChI=1S/C28H23NO4/c1-32-27(30)22-17-21(18-23(19-22)28(31)33-2)20-13-15-26(16-14-20)29(24-9-5-3-6-10-24)25-11-7-4-8-12-25/h3-19H,1-2H3. The number of benzene rings is 4. The SMILES string of the molecule is COC(=O)c1cc(C(=O)OC)cc(-c2ccc(N(c3ccccc3)c3ccccc3)cc2)c1. The highest BCUT2D eigenvalue weighted by Crippen LogP contribution is 2.35. The average Bonchev–Trinajstić information content (AvgIpc) is 2.89. The molecule has 4 rings (SSSR count). The first-order chi connectivity index (χ1) is 16.1. The number of anilines is 3. The molecular formula is C28H23NO4. The van der Waals surface area contributed by atoms with Crippen molar-refractivity contribution in [2.24, 2.45) is 0 Å². The van der Waals surface area contributed by atoms with Crippen LogP contribution in [-0.2, 0) is 9.47 Å². The first-order valence-electron chi connectivity index (χ1n) is 10.4. The van der Waals surface area contributed by atoms with E-state index in [4.69, 9.17) is 9.47 Å². The van der Waals surface area contributed by atoms with E-state index in [1.807, 2.05) is 60.7 Å². The molecule has 0 aliphatic heterocycles. The van der Waals surface area contributed by atoms with Crippen LogP contribution < -0.4 is 4.90 Å². The Balaban J connectivity index is 1.76. The van der Waals surface area contributed by atoms with Crippen LogP contribution in [0.15, 0.2) is 103 Å². The van der Waals surface area contributed by atoms with Crippen LogP contribution in [0.5, 0.6) is 0 Å². The third-order valence-corrected chi connectivity index (χ3v) is 5.26. The van der Waals surface area contributed by atoms with Crippen molar-refractivity contribution in [1.82, 2.24) is 0 Å². The van der Waals surface area contributed by atoms with Crippen LogP contribution in [-0.4, -0.2) is 26.2 Å². The van der Waals surface area contributed by atoms with Gasteiger partial charge < -0.3 is 14.4 Å². The largest absolute Gasteiger partial charge is 0.465 e. The second kappa shape index (κ2) is 9.83. The quantitative estimate of drug-likeness (QED) is 0.327. The monoisotopic (exact) mass is 437 g/mol. The van der Waals surface area contributed by atoms with Gasteiger partial charge in [0.05, 0.1) is 25.3 Å². The molecule has 0 atom stereocenters. The van der Waals surface area contributed by atoms with Gasteiger partial charge in [0.1, 0.15) is 0 Å². The lowest BCUT2D eigenvalue weighted by molar-refractivity contribution is 0.0599. The highest BCUT2D eigenvalue weighted by atomic mass is 16.5. The van der Waals surface area contributed by atoms with Crippen LogP contribution in [0.4, 0.5) is 17.1 Å². The fourth-order valence-corrected chi connectivity index (χ4v) is 3.67. The van der Waals surface area contributed by atoms with E-state index in [0.29, 0.717) is 0 Å². The molecule has 4 aromatic carbocycles. The van der Waals surface area contributed by atoms with Gasteiger partial charge in [-0.3, -0.25) is 0 Å². The van der Waals surface area contributed by atoms with Crippen molar-refractivity contribution in [3.8, 4) is 11.1 Å². The summed E-state index contributed by atoms with van der Waals surface area (Å²) in [4.78, 5) is 26.4. The Labute approximate surface area is 192 Å². The minimum absolute atomic E-state index is 0.287. The van der Waals surface area contributed by atoms with E-state index >= 15 is 0 Å². The third-order valence-electron chi connectivity index (χ3n) is 5.26. The number of carbonyl (C=O) groups is 2. The molecule has 0 aliphatic carbocycles. The van der Waals surface area contributed by atoms with Crippen molar-refractivity contribution in [2.45, 2.75) is 0 Å². The summed E-state index contributed by atoms with van der Waals surface area (Å²) in [7, 11) is 2.62. The number of ether oxygens (including phenoxy) is 2. The lowest BCUT2D eigenvalue weighted by atomic mass is 9.99. The molecule has 0 fully saturated rings. The summed E-state index contributed by atoms with van der Waals surface area (Å²) in [6, 6.07) is 33.1. The van der Waals surface area contributed by atoms with Gasteiger partial charge in [0, 0.05) is 17.1 Å². The van der Waals surface area contributed by atoms with E-state index in [9.17, 15) is 9.59 Å². The van der Waals surface area contributed by atoms with Crippen molar-refractivity contribution in [3.05, 3.63) is 114 Å². The zero-order valence-corrected chi connectivity index (χ0v) is 18.4. The molecule has 0 amide bonds. The van der Waals surface area contributed by atoms with E-state index in [1.165, 1.54) is 20.3 Å². The van der Waals surface area contributed by atoms with E-state index in [1.54, 1.807) is 12.1 Å². The highest BCUT2D eigenvalue weighted by molar-refractivity contribution is 5.97. The van der Waals surface area contributed by atoms with Crippen molar-refractivity contribution >= 4 is 29.0 Å². The number of para-hydroxylation sites is 2. The van der Waals surface area contributed by atoms with Crippen LogP contribution in [0.3, 0.4) is 0 Å². The number of hydrogen-bond donors (Lipinski definition) is 0. The fourth-order valence-electron chi connectivity index (χ4n) is 3.67. The molecule has 0 spiro atoms. The molecule has 0 bridgehead atoms. The first kappa shape index (κ1) is 21.8. The summed E-state index contributed by atoms with van der Waals surface area (Å²) in [5.41, 5.74) is 5.21. The van der Waals surface area contributed by atoms with Gasteiger partial charge in [-0.2, -0.15) is 0 Å². The lowest BCUT2D eigenvalue weighted by Gasteiger charge is -2.25. The zero-order valence-electron chi connectivity index (χ0n) is 18.4. The summed E-state index contributed by atoms with van der Waals surface area (Å²) in [6.07, 6.45) is 0. The van der Waals surface area contributed by atoms with Gasteiger partial charge in [-0.1, -0.05) is 48.5 Å². The Bertz CT molecular complexity index is 1180. The van der Waals surface area contributed by atoms with Crippen molar-refractivity contribution < 1.29 is 19.1 Å². The van der Waals surface area contributed by atoms with Crippen LogP contribution in [0, 0.1) is 0 Å². The minimum Gasteiger partial charge on any atom is -0.465 e. The lowest BCUT2D eigenvalue weighted by Crippen LogP contribution is -2.09. The maximum absolute atomic E-state index is 12.1. The number of nitrogens with zero attached hydrogens (tertiary/aromatic N) is 1. The van der Waals surface area contributed by atoms with Gasteiger partial charge >= 0.3 is 11.9 Å². The summed E-state index contributed by atoms with van der Waals surface area (Å²) in [6.45, 7) is 0. The third kappa shape index (κ3) is 4.77. The molecule has 0 saturated carbocycles. The second-order valence-electron chi connectivity index (χ2n) is 7.34. The molecule has 0 aliphatic rings. The number of rotatable bonds is 6. The molecular weight excluding hydrogens is 414 g/mol. The molecule has 0 saturated heterocycles. The summed E-state index contributed by atoms with van der Waals surface area (Å²) >= 11 is 0. The van der Waals surface area contributed by atoms with E-state index in [0.717, 1.165) is 28.2 Å². The molecule has 5 heteroatoms. The average molecular weight is 437 g/mol. The van der Waals surface area contributed by atoms with Gasteiger partial charge in [0.25, 0.3) is 0 Å². The molecule has 164 valence electrons. The Morgan fingerprint density at radius 1 is 0.545 bits per heavy atom. The Hall–Kier alpha value is -4.38. The predicted octanol–water partition coefficient (Wildman–Crippen LogP) is 6.40. The summed E-state index contributed by atoms with van der Waals surface area (Å²) in [5.74, 6) is -1.03. The van der Waals surface area contributed by atoms with E-state index in [-0.39, 0.29) is 11.1 Å². The van der Waals surface area contributed by atoms with E-state index < -0.39 is 11.9 Å².